The molecule has 20 heavy (non-hydrogen) atoms. The summed E-state index contributed by atoms with van der Waals surface area (Å²) in [4.78, 5) is 11.8. The quantitative estimate of drug-likeness (QED) is 0.657. The van der Waals surface area contributed by atoms with Crippen LogP contribution in [0.25, 0.3) is 0 Å². The Bertz CT molecular complexity index is 487. The van der Waals surface area contributed by atoms with Crippen molar-refractivity contribution in [1.29, 1.82) is 0 Å². The molecule has 1 aromatic rings. The average molecular weight is 276 g/mol. The lowest BCUT2D eigenvalue weighted by Gasteiger charge is -2.33. The number of anilines is 2. The highest BCUT2D eigenvalue weighted by Crippen LogP contribution is 2.33. The van der Waals surface area contributed by atoms with Gasteiger partial charge < -0.3 is 15.8 Å². The van der Waals surface area contributed by atoms with Crippen LogP contribution in [-0.4, -0.2) is 19.1 Å². The Morgan fingerprint density at radius 2 is 2.05 bits per heavy atom. The predicted octanol–water partition coefficient (Wildman–Crippen LogP) is 3.29. The van der Waals surface area contributed by atoms with Crippen LogP contribution in [0.4, 0.5) is 11.4 Å². The Hall–Kier alpha value is -1.71. The number of nitrogens with one attached hydrogen (secondary N) is 1. The molecule has 110 valence electrons. The maximum Gasteiger partial charge on any atom is 0.340 e. The molecule has 1 aromatic carbocycles. The number of esters is 1. The van der Waals surface area contributed by atoms with Crippen molar-refractivity contribution in [3.63, 3.8) is 0 Å². The van der Waals surface area contributed by atoms with E-state index >= 15 is 0 Å². The first-order valence-electron chi connectivity index (χ1n) is 7.26. The molecule has 0 heterocycles. The standard InChI is InChI=1S/C16H24N2O2/c1-10-7-8-12(9-11(10)2)18-15-13(16(19)20-3)5-4-6-14(15)17/h4-6,10-12,18H,7-9,17H2,1-3H3. The van der Waals surface area contributed by atoms with Crippen LogP contribution in [0.1, 0.15) is 43.5 Å². The molecule has 0 aromatic heterocycles. The van der Waals surface area contributed by atoms with E-state index in [9.17, 15) is 4.79 Å². The van der Waals surface area contributed by atoms with Gasteiger partial charge in [0.1, 0.15) is 0 Å². The molecule has 0 amide bonds. The largest absolute Gasteiger partial charge is 0.465 e. The molecule has 2 rings (SSSR count). The van der Waals surface area contributed by atoms with Crippen LogP contribution in [0.5, 0.6) is 0 Å². The Morgan fingerprint density at radius 1 is 1.30 bits per heavy atom. The third kappa shape index (κ3) is 3.06. The lowest BCUT2D eigenvalue weighted by atomic mass is 9.79. The van der Waals surface area contributed by atoms with Crippen LogP contribution < -0.4 is 11.1 Å². The zero-order valence-electron chi connectivity index (χ0n) is 12.5. The van der Waals surface area contributed by atoms with Gasteiger partial charge in [0.05, 0.1) is 24.0 Å². The van der Waals surface area contributed by atoms with Gasteiger partial charge in [-0.05, 0) is 43.2 Å². The number of benzene rings is 1. The molecule has 3 N–H and O–H groups in total. The van der Waals surface area contributed by atoms with E-state index in [0.717, 1.165) is 18.8 Å². The number of methoxy groups -OCH3 is 1. The molecule has 1 aliphatic rings. The summed E-state index contributed by atoms with van der Waals surface area (Å²) in [6.07, 6.45) is 3.43. The minimum atomic E-state index is -0.350. The first-order chi connectivity index (χ1) is 9.52. The summed E-state index contributed by atoms with van der Waals surface area (Å²) in [6, 6.07) is 5.70. The number of ether oxygens (including phenoxy) is 1. The fraction of sp³-hybridized carbons (Fsp3) is 0.562. The second-order valence-electron chi connectivity index (χ2n) is 5.87. The monoisotopic (exact) mass is 276 g/mol. The topological polar surface area (TPSA) is 64.3 Å². The van der Waals surface area contributed by atoms with Crippen molar-refractivity contribution in [3.05, 3.63) is 23.8 Å². The second-order valence-corrected chi connectivity index (χ2v) is 5.87. The van der Waals surface area contributed by atoms with E-state index in [1.54, 1.807) is 12.1 Å². The molecule has 4 heteroatoms. The lowest BCUT2D eigenvalue weighted by Crippen LogP contribution is -2.31. The van der Waals surface area contributed by atoms with Gasteiger partial charge in [0, 0.05) is 6.04 Å². The van der Waals surface area contributed by atoms with E-state index < -0.39 is 0 Å². The minimum Gasteiger partial charge on any atom is -0.465 e. The molecular formula is C16H24N2O2. The summed E-state index contributed by atoms with van der Waals surface area (Å²) in [5.74, 6) is 1.10. The van der Waals surface area contributed by atoms with E-state index in [1.807, 2.05) is 6.07 Å². The maximum absolute atomic E-state index is 11.8. The first-order valence-corrected chi connectivity index (χ1v) is 7.26. The van der Waals surface area contributed by atoms with Gasteiger partial charge in [-0.15, -0.1) is 0 Å². The number of hydrogen-bond donors (Lipinski definition) is 2. The molecule has 0 bridgehead atoms. The highest BCUT2D eigenvalue weighted by molar-refractivity contribution is 5.98. The molecule has 3 atom stereocenters. The number of nitrogen functional groups attached to an aromatic ring is 1. The van der Waals surface area contributed by atoms with Crippen molar-refractivity contribution in [2.45, 2.75) is 39.2 Å². The van der Waals surface area contributed by atoms with Crippen molar-refractivity contribution in [2.24, 2.45) is 11.8 Å². The van der Waals surface area contributed by atoms with Crippen molar-refractivity contribution >= 4 is 17.3 Å². The number of nitrogens with two attached hydrogens (primary N) is 1. The molecule has 3 unspecified atom stereocenters. The summed E-state index contributed by atoms with van der Waals surface area (Å²) < 4.78 is 4.82. The molecule has 1 saturated carbocycles. The molecule has 0 aliphatic heterocycles. The highest BCUT2D eigenvalue weighted by atomic mass is 16.5. The molecule has 1 aliphatic carbocycles. The van der Waals surface area contributed by atoms with E-state index in [4.69, 9.17) is 10.5 Å². The molecular weight excluding hydrogens is 252 g/mol. The Balaban J connectivity index is 2.18. The van der Waals surface area contributed by atoms with Gasteiger partial charge in [-0.25, -0.2) is 4.79 Å². The highest BCUT2D eigenvalue weighted by Gasteiger charge is 2.26. The Kier molecular flexibility index (Phi) is 4.53. The van der Waals surface area contributed by atoms with Crippen molar-refractivity contribution in [1.82, 2.24) is 0 Å². The summed E-state index contributed by atoms with van der Waals surface area (Å²) >= 11 is 0. The number of carbonyl (C=O) groups excluding carboxylic acids is 1. The van der Waals surface area contributed by atoms with Crippen LogP contribution in [0, 0.1) is 11.8 Å². The Labute approximate surface area is 120 Å². The maximum atomic E-state index is 11.8. The van der Waals surface area contributed by atoms with Gasteiger partial charge in [-0.2, -0.15) is 0 Å². The molecule has 0 spiro atoms. The molecule has 0 radical (unpaired) electrons. The zero-order chi connectivity index (χ0) is 14.7. The fourth-order valence-corrected chi connectivity index (χ4v) is 2.89. The fourth-order valence-electron chi connectivity index (χ4n) is 2.89. The Morgan fingerprint density at radius 3 is 2.70 bits per heavy atom. The minimum absolute atomic E-state index is 0.350. The third-order valence-electron chi connectivity index (χ3n) is 4.45. The van der Waals surface area contributed by atoms with Crippen molar-refractivity contribution in [2.75, 3.05) is 18.2 Å². The predicted molar refractivity (Wildman–Crippen MR) is 81.8 cm³/mol. The second kappa shape index (κ2) is 6.16. The number of carbonyl (C=O) groups is 1. The van der Waals surface area contributed by atoms with Gasteiger partial charge in [-0.3, -0.25) is 0 Å². The number of para-hydroxylation sites is 1. The summed E-state index contributed by atoms with van der Waals surface area (Å²) in [5, 5.41) is 3.46. The SMILES string of the molecule is COC(=O)c1cccc(N)c1NC1CCC(C)C(C)C1. The summed E-state index contributed by atoms with van der Waals surface area (Å²) in [5.41, 5.74) is 7.85. The zero-order valence-corrected chi connectivity index (χ0v) is 12.5. The van der Waals surface area contributed by atoms with Gasteiger partial charge in [-0.1, -0.05) is 19.9 Å². The van der Waals surface area contributed by atoms with Gasteiger partial charge in [0.25, 0.3) is 0 Å². The summed E-state index contributed by atoms with van der Waals surface area (Å²) in [6.45, 7) is 4.59. The lowest BCUT2D eigenvalue weighted by molar-refractivity contribution is 0.0602. The van der Waals surface area contributed by atoms with Gasteiger partial charge >= 0.3 is 5.97 Å². The van der Waals surface area contributed by atoms with Gasteiger partial charge in [0.2, 0.25) is 0 Å². The molecule has 0 saturated heterocycles. The van der Waals surface area contributed by atoms with Crippen LogP contribution in [0.3, 0.4) is 0 Å². The van der Waals surface area contributed by atoms with E-state index in [1.165, 1.54) is 13.5 Å². The number of rotatable bonds is 3. The third-order valence-corrected chi connectivity index (χ3v) is 4.45. The number of hydrogen-bond acceptors (Lipinski definition) is 4. The first kappa shape index (κ1) is 14.7. The normalized spacial score (nSPS) is 26.1. The average Bonchev–Trinajstić information content (AvgIpc) is 2.44. The van der Waals surface area contributed by atoms with E-state index in [0.29, 0.717) is 28.9 Å². The van der Waals surface area contributed by atoms with Crippen molar-refractivity contribution < 1.29 is 9.53 Å². The summed E-state index contributed by atoms with van der Waals surface area (Å²) in [7, 11) is 1.39. The van der Waals surface area contributed by atoms with E-state index in [2.05, 4.69) is 19.2 Å². The van der Waals surface area contributed by atoms with Crippen LogP contribution >= 0.6 is 0 Å². The van der Waals surface area contributed by atoms with Gasteiger partial charge in [0.15, 0.2) is 0 Å². The smallest absolute Gasteiger partial charge is 0.340 e. The van der Waals surface area contributed by atoms with E-state index in [-0.39, 0.29) is 5.97 Å². The van der Waals surface area contributed by atoms with Crippen LogP contribution in [-0.2, 0) is 4.74 Å². The van der Waals surface area contributed by atoms with Crippen LogP contribution in [0.15, 0.2) is 18.2 Å². The molecule has 4 nitrogen and oxygen atoms in total. The molecule has 1 fully saturated rings. The van der Waals surface area contributed by atoms with Crippen LogP contribution in [0.2, 0.25) is 0 Å². The van der Waals surface area contributed by atoms with Crippen molar-refractivity contribution in [3.8, 4) is 0 Å².